The van der Waals surface area contributed by atoms with Gasteiger partial charge in [-0.15, -0.1) is 0 Å². The van der Waals surface area contributed by atoms with Crippen LogP contribution in [0.3, 0.4) is 0 Å². The largest absolute Gasteiger partial charge is 0.497 e. The quantitative estimate of drug-likeness (QED) is 0.826. The maximum absolute atomic E-state index is 12.1. The molecule has 0 aromatic heterocycles. The third kappa shape index (κ3) is 3.88. The van der Waals surface area contributed by atoms with Crippen LogP contribution in [0.2, 0.25) is 0 Å². The molecule has 0 fully saturated rings. The Morgan fingerprint density at radius 1 is 1.10 bits per heavy atom. The van der Waals surface area contributed by atoms with Crippen LogP contribution < -0.4 is 14.8 Å². The number of amides is 1. The summed E-state index contributed by atoms with van der Waals surface area (Å²) in [5.74, 6) is -1.02. The molecule has 0 saturated heterocycles. The molecule has 2 unspecified atom stereocenters. The van der Waals surface area contributed by atoms with Crippen LogP contribution in [0.4, 0.5) is 0 Å². The number of hydrogen-bond acceptors (Lipinski definition) is 4. The van der Waals surface area contributed by atoms with E-state index in [1.165, 1.54) is 14.2 Å². The van der Waals surface area contributed by atoms with E-state index in [0.717, 1.165) is 0 Å². The van der Waals surface area contributed by atoms with Crippen molar-refractivity contribution in [2.24, 2.45) is 5.92 Å². The highest BCUT2D eigenvalue weighted by molar-refractivity contribution is 5.95. The zero-order valence-corrected chi connectivity index (χ0v) is 12.0. The Balaban J connectivity index is 2.89. The summed E-state index contributed by atoms with van der Waals surface area (Å²) in [5, 5.41) is 11.6. The van der Waals surface area contributed by atoms with E-state index in [1.807, 2.05) is 0 Å². The fraction of sp³-hybridized carbons (Fsp3) is 0.429. The number of ether oxygens (including phenoxy) is 2. The first-order chi connectivity index (χ1) is 9.38. The molecule has 0 bridgehead atoms. The number of carboxylic acid groups (broad SMARTS) is 1. The fourth-order valence-electron chi connectivity index (χ4n) is 1.57. The van der Waals surface area contributed by atoms with Gasteiger partial charge in [0.1, 0.15) is 11.5 Å². The lowest BCUT2D eigenvalue weighted by molar-refractivity contribution is -0.141. The SMILES string of the molecule is COc1cc(OC)cc(C(=O)NC(C)C(C)C(=O)O)c1. The minimum Gasteiger partial charge on any atom is -0.497 e. The van der Waals surface area contributed by atoms with Crippen molar-refractivity contribution in [1.82, 2.24) is 5.32 Å². The van der Waals surface area contributed by atoms with Crippen molar-refractivity contribution in [3.05, 3.63) is 23.8 Å². The number of carbonyl (C=O) groups is 2. The first-order valence-electron chi connectivity index (χ1n) is 6.15. The molecule has 0 radical (unpaired) electrons. The lowest BCUT2D eigenvalue weighted by atomic mass is 10.0. The summed E-state index contributed by atoms with van der Waals surface area (Å²) in [7, 11) is 2.98. The predicted molar refractivity (Wildman–Crippen MR) is 73.3 cm³/mol. The van der Waals surface area contributed by atoms with E-state index >= 15 is 0 Å². The highest BCUT2D eigenvalue weighted by Gasteiger charge is 2.22. The van der Waals surface area contributed by atoms with Crippen LogP contribution in [0.15, 0.2) is 18.2 Å². The Labute approximate surface area is 117 Å². The summed E-state index contributed by atoms with van der Waals surface area (Å²) in [4.78, 5) is 23.0. The summed E-state index contributed by atoms with van der Waals surface area (Å²) in [5.41, 5.74) is 0.352. The molecular weight excluding hydrogens is 262 g/mol. The molecule has 1 aromatic rings. The lowest BCUT2D eigenvalue weighted by Gasteiger charge is -2.18. The molecule has 6 nitrogen and oxygen atoms in total. The summed E-state index contributed by atoms with van der Waals surface area (Å²) < 4.78 is 10.2. The number of carbonyl (C=O) groups excluding carboxylic acids is 1. The van der Waals surface area contributed by atoms with Crippen LogP contribution in [0.1, 0.15) is 24.2 Å². The number of aliphatic carboxylic acids is 1. The number of hydrogen-bond donors (Lipinski definition) is 2. The molecule has 0 aliphatic rings. The summed E-state index contributed by atoms with van der Waals surface area (Å²) >= 11 is 0. The normalized spacial score (nSPS) is 13.2. The molecule has 1 rings (SSSR count). The van der Waals surface area contributed by atoms with Crippen LogP contribution in [0.5, 0.6) is 11.5 Å². The summed E-state index contributed by atoms with van der Waals surface area (Å²) in [6.45, 7) is 3.19. The van der Waals surface area contributed by atoms with Gasteiger partial charge in [-0.25, -0.2) is 0 Å². The Kier molecular flexibility index (Phi) is 5.37. The molecule has 2 atom stereocenters. The van der Waals surface area contributed by atoms with E-state index in [9.17, 15) is 9.59 Å². The molecule has 1 amide bonds. The van der Waals surface area contributed by atoms with Crippen molar-refractivity contribution >= 4 is 11.9 Å². The Hall–Kier alpha value is -2.24. The molecule has 0 heterocycles. The molecule has 0 saturated carbocycles. The third-order valence-corrected chi connectivity index (χ3v) is 3.11. The van der Waals surface area contributed by atoms with E-state index in [-0.39, 0.29) is 5.91 Å². The second-order valence-corrected chi connectivity index (χ2v) is 4.49. The van der Waals surface area contributed by atoms with Crippen molar-refractivity contribution in [3.8, 4) is 11.5 Å². The van der Waals surface area contributed by atoms with Gasteiger partial charge in [-0.3, -0.25) is 9.59 Å². The number of nitrogens with one attached hydrogen (secondary N) is 1. The van der Waals surface area contributed by atoms with Gasteiger partial charge < -0.3 is 19.9 Å². The molecule has 110 valence electrons. The lowest BCUT2D eigenvalue weighted by Crippen LogP contribution is -2.40. The standard InChI is InChI=1S/C14H19NO5/c1-8(14(17)18)9(2)15-13(16)10-5-11(19-3)7-12(6-10)20-4/h5-9H,1-4H3,(H,15,16)(H,17,18). The molecular formula is C14H19NO5. The van der Waals surface area contributed by atoms with Gasteiger partial charge in [0.2, 0.25) is 0 Å². The zero-order valence-electron chi connectivity index (χ0n) is 12.0. The fourth-order valence-corrected chi connectivity index (χ4v) is 1.57. The Morgan fingerprint density at radius 2 is 1.60 bits per heavy atom. The first-order valence-corrected chi connectivity index (χ1v) is 6.15. The average Bonchev–Trinajstić information content (AvgIpc) is 2.45. The summed E-state index contributed by atoms with van der Waals surface area (Å²) in [6, 6.07) is 4.30. The van der Waals surface area contributed by atoms with E-state index < -0.39 is 17.9 Å². The van der Waals surface area contributed by atoms with Gasteiger partial charge in [0, 0.05) is 17.7 Å². The minimum atomic E-state index is -0.957. The van der Waals surface area contributed by atoms with Crippen molar-refractivity contribution < 1.29 is 24.2 Å². The maximum atomic E-state index is 12.1. The third-order valence-electron chi connectivity index (χ3n) is 3.11. The number of benzene rings is 1. The van der Waals surface area contributed by atoms with Crippen LogP contribution in [-0.4, -0.2) is 37.2 Å². The molecule has 6 heteroatoms. The van der Waals surface area contributed by atoms with Gasteiger partial charge in [-0.05, 0) is 26.0 Å². The second kappa shape index (κ2) is 6.79. The van der Waals surface area contributed by atoms with Gasteiger partial charge in [0.25, 0.3) is 5.91 Å². The topological polar surface area (TPSA) is 84.9 Å². The van der Waals surface area contributed by atoms with Crippen LogP contribution in [0, 0.1) is 5.92 Å². The molecule has 0 spiro atoms. The Bertz CT molecular complexity index is 478. The van der Waals surface area contributed by atoms with Gasteiger partial charge in [0.15, 0.2) is 0 Å². The highest BCUT2D eigenvalue weighted by atomic mass is 16.5. The molecule has 0 aliphatic carbocycles. The molecule has 1 aromatic carbocycles. The minimum absolute atomic E-state index is 0.352. The first kappa shape index (κ1) is 15.8. The van der Waals surface area contributed by atoms with E-state index in [1.54, 1.807) is 32.0 Å². The van der Waals surface area contributed by atoms with Crippen molar-refractivity contribution in [2.75, 3.05) is 14.2 Å². The second-order valence-electron chi connectivity index (χ2n) is 4.49. The van der Waals surface area contributed by atoms with E-state index in [4.69, 9.17) is 14.6 Å². The van der Waals surface area contributed by atoms with E-state index in [2.05, 4.69) is 5.32 Å². The number of methoxy groups -OCH3 is 2. The van der Waals surface area contributed by atoms with Gasteiger partial charge >= 0.3 is 5.97 Å². The van der Waals surface area contributed by atoms with Crippen LogP contribution in [0.25, 0.3) is 0 Å². The van der Waals surface area contributed by atoms with Gasteiger partial charge in [-0.2, -0.15) is 0 Å². The zero-order chi connectivity index (χ0) is 15.3. The van der Waals surface area contributed by atoms with Crippen LogP contribution in [-0.2, 0) is 4.79 Å². The predicted octanol–water partition coefficient (Wildman–Crippen LogP) is 1.54. The monoisotopic (exact) mass is 281 g/mol. The number of rotatable bonds is 6. The van der Waals surface area contributed by atoms with Crippen molar-refractivity contribution in [1.29, 1.82) is 0 Å². The number of carboxylic acids is 1. The molecule has 2 N–H and O–H groups in total. The van der Waals surface area contributed by atoms with Gasteiger partial charge in [-0.1, -0.05) is 0 Å². The maximum Gasteiger partial charge on any atom is 0.308 e. The summed E-state index contributed by atoms with van der Waals surface area (Å²) in [6.07, 6.45) is 0. The van der Waals surface area contributed by atoms with Gasteiger partial charge in [0.05, 0.1) is 20.1 Å². The highest BCUT2D eigenvalue weighted by Crippen LogP contribution is 2.22. The van der Waals surface area contributed by atoms with Crippen molar-refractivity contribution in [2.45, 2.75) is 19.9 Å². The van der Waals surface area contributed by atoms with Crippen molar-refractivity contribution in [3.63, 3.8) is 0 Å². The smallest absolute Gasteiger partial charge is 0.308 e. The molecule has 20 heavy (non-hydrogen) atoms. The Morgan fingerprint density at radius 3 is 2.00 bits per heavy atom. The van der Waals surface area contributed by atoms with Crippen LogP contribution >= 0.6 is 0 Å². The average molecular weight is 281 g/mol. The van der Waals surface area contributed by atoms with E-state index in [0.29, 0.717) is 17.1 Å². The molecule has 0 aliphatic heterocycles.